The van der Waals surface area contributed by atoms with Crippen LogP contribution in [0.15, 0.2) is 18.2 Å². The number of anilines is 1. The van der Waals surface area contributed by atoms with Crippen molar-refractivity contribution in [2.45, 2.75) is 58.8 Å². The summed E-state index contributed by atoms with van der Waals surface area (Å²) in [6.45, 7) is 13.0. The fourth-order valence-corrected chi connectivity index (χ4v) is 4.51. The number of hydrogen-bond donors (Lipinski definition) is 0. The normalized spacial score (nSPS) is 22.2. The molecular weight excluding hydrogens is 308 g/mol. The van der Waals surface area contributed by atoms with Gasteiger partial charge in [0.2, 0.25) is 0 Å². The first-order chi connectivity index (χ1) is 12.0. The SMILES string of the molecule is CCCN1CCN(c2cc(OC)ccc2C2CCC(C)(C)CC2)CC1. The van der Waals surface area contributed by atoms with Gasteiger partial charge in [-0.15, -0.1) is 0 Å². The monoisotopic (exact) mass is 344 g/mol. The van der Waals surface area contributed by atoms with Gasteiger partial charge in [0, 0.05) is 37.9 Å². The first-order valence-corrected chi connectivity index (χ1v) is 10.2. The molecular formula is C22H36N2O. The highest BCUT2D eigenvalue weighted by Crippen LogP contribution is 2.45. The van der Waals surface area contributed by atoms with E-state index in [-0.39, 0.29) is 0 Å². The molecule has 1 saturated heterocycles. The number of piperazine rings is 1. The molecule has 1 aromatic carbocycles. The molecule has 2 fully saturated rings. The maximum absolute atomic E-state index is 5.54. The lowest BCUT2D eigenvalue weighted by molar-refractivity contribution is 0.224. The van der Waals surface area contributed by atoms with E-state index in [2.05, 4.69) is 48.8 Å². The molecule has 0 aromatic heterocycles. The third-order valence-corrected chi connectivity index (χ3v) is 6.27. The Morgan fingerprint density at radius 2 is 1.76 bits per heavy atom. The van der Waals surface area contributed by atoms with Crippen LogP contribution in [0.1, 0.15) is 64.4 Å². The van der Waals surface area contributed by atoms with Gasteiger partial charge in [-0.25, -0.2) is 0 Å². The zero-order valence-electron chi connectivity index (χ0n) is 16.7. The van der Waals surface area contributed by atoms with Crippen LogP contribution in [0.5, 0.6) is 5.75 Å². The molecule has 25 heavy (non-hydrogen) atoms. The molecule has 1 heterocycles. The van der Waals surface area contributed by atoms with E-state index in [0.29, 0.717) is 11.3 Å². The van der Waals surface area contributed by atoms with E-state index in [1.54, 1.807) is 12.7 Å². The molecule has 3 heteroatoms. The molecule has 1 aromatic rings. The van der Waals surface area contributed by atoms with E-state index in [0.717, 1.165) is 18.8 Å². The molecule has 0 radical (unpaired) electrons. The number of benzene rings is 1. The number of ether oxygens (including phenoxy) is 1. The average molecular weight is 345 g/mol. The average Bonchev–Trinajstić information content (AvgIpc) is 2.62. The van der Waals surface area contributed by atoms with Crippen molar-refractivity contribution < 1.29 is 4.74 Å². The van der Waals surface area contributed by atoms with Crippen LogP contribution in [-0.2, 0) is 0 Å². The van der Waals surface area contributed by atoms with Crippen LogP contribution in [0.3, 0.4) is 0 Å². The van der Waals surface area contributed by atoms with Gasteiger partial charge < -0.3 is 9.64 Å². The third-order valence-electron chi connectivity index (χ3n) is 6.27. The predicted molar refractivity (Wildman–Crippen MR) is 107 cm³/mol. The Morgan fingerprint density at radius 1 is 1.08 bits per heavy atom. The van der Waals surface area contributed by atoms with Gasteiger partial charge in [0.1, 0.15) is 5.75 Å². The minimum atomic E-state index is 0.523. The summed E-state index contributed by atoms with van der Waals surface area (Å²) in [7, 11) is 1.78. The van der Waals surface area contributed by atoms with Gasteiger partial charge in [-0.3, -0.25) is 4.90 Å². The molecule has 0 bridgehead atoms. The van der Waals surface area contributed by atoms with E-state index in [1.807, 2.05) is 0 Å². The Balaban J connectivity index is 1.78. The van der Waals surface area contributed by atoms with Crippen molar-refractivity contribution in [3.63, 3.8) is 0 Å². The highest BCUT2D eigenvalue weighted by molar-refractivity contribution is 5.59. The summed E-state index contributed by atoms with van der Waals surface area (Å²) in [6, 6.07) is 6.78. The molecule has 0 amide bonds. The lowest BCUT2D eigenvalue weighted by atomic mass is 9.71. The largest absolute Gasteiger partial charge is 0.497 e. The van der Waals surface area contributed by atoms with E-state index >= 15 is 0 Å². The van der Waals surface area contributed by atoms with Crippen molar-refractivity contribution >= 4 is 5.69 Å². The second kappa shape index (κ2) is 7.99. The number of rotatable bonds is 5. The maximum Gasteiger partial charge on any atom is 0.120 e. The van der Waals surface area contributed by atoms with Gasteiger partial charge in [-0.05, 0) is 61.6 Å². The first kappa shape index (κ1) is 18.6. The highest BCUT2D eigenvalue weighted by Gasteiger charge is 2.30. The molecule has 140 valence electrons. The fourth-order valence-electron chi connectivity index (χ4n) is 4.51. The van der Waals surface area contributed by atoms with Crippen molar-refractivity contribution in [3.05, 3.63) is 23.8 Å². The van der Waals surface area contributed by atoms with E-state index in [1.165, 1.54) is 57.4 Å². The number of nitrogens with zero attached hydrogens (tertiary/aromatic N) is 2. The standard InChI is InChI=1S/C22H36N2O/c1-5-12-23-13-15-24(16-14-23)21-17-19(25-4)6-7-20(21)18-8-10-22(2,3)11-9-18/h6-7,17-18H,5,8-16H2,1-4H3. The third kappa shape index (κ3) is 4.49. The van der Waals surface area contributed by atoms with E-state index < -0.39 is 0 Å². The summed E-state index contributed by atoms with van der Waals surface area (Å²) in [5.74, 6) is 1.70. The quantitative estimate of drug-likeness (QED) is 0.755. The maximum atomic E-state index is 5.54. The smallest absolute Gasteiger partial charge is 0.120 e. The Morgan fingerprint density at radius 3 is 2.36 bits per heavy atom. The van der Waals surface area contributed by atoms with Crippen LogP contribution in [0, 0.1) is 5.41 Å². The zero-order valence-corrected chi connectivity index (χ0v) is 16.7. The van der Waals surface area contributed by atoms with Crippen LogP contribution < -0.4 is 9.64 Å². The second-order valence-corrected chi connectivity index (χ2v) is 8.69. The van der Waals surface area contributed by atoms with Gasteiger partial charge in [-0.2, -0.15) is 0 Å². The molecule has 0 atom stereocenters. The van der Waals surface area contributed by atoms with Gasteiger partial charge >= 0.3 is 0 Å². The summed E-state index contributed by atoms with van der Waals surface area (Å²) in [5, 5.41) is 0. The van der Waals surface area contributed by atoms with Crippen molar-refractivity contribution in [3.8, 4) is 5.75 Å². The van der Waals surface area contributed by atoms with Crippen LogP contribution >= 0.6 is 0 Å². The highest BCUT2D eigenvalue weighted by atomic mass is 16.5. The molecule has 3 nitrogen and oxygen atoms in total. The van der Waals surface area contributed by atoms with Crippen LogP contribution in [0.2, 0.25) is 0 Å². The van der Waals surface area contributed by atoms with Gasteiger partial charge in [-0.1, -0.05) is 26.8 Å². The number of hydrogen-bond acceptors (Lipinski definition) is 3. The molecule has 0 spiro atoms. The van der Waals surface area contributed by atoms with E-state index in [4.69, 9.17) is 4.74 Å². The topological polar surface area (TPSA) is 15.7 Å². The number of methoxy groups -OCH3 is 1. The van der Waals surface area contributed by atoms with Crippen molar-refractivity contribution in [2.24, 2.45) is 5.41 Å². The first-order valence-electron chi connectivity index (χ1n) is 10.2. The summed E-state index contributed by atoms with van der Waals surface area (Å²) >= 11 is 0. The second-order valence-electron chi connectivity index (χ2n) is 8.69. The van der Waals surface area contributed by atoms with Crippen molar-refractivity contribution in [1.29, 1.82) is 0 Å². The Labute approximate surface area is 154 Å². The summed E-state index contributed by atoms with van der Waals surface area (Å²) in [5.41, 5.74) is 3.51. The van der Waals surface area contributed by atoms with Gasteiger partial charge in [0.25, 0.3) is 0 Å². The molecule has 0 N–H and O–H groups in total. The van der Waals surface area contributed by atoms with Gasteiger partial charge in [0.15, 0.2) is 0 Å². The molecule has 1 aliphatic heterocycles. The minimum absolute atomic E-state index is 0.523. The van der Waals surface area contributed by atoms with E-state index in [9.17, 15) is 0 Å². The van der Waals surface area contributed by atoms with Crippen molar-refractivity contribution in [2.75, 3.05) is 44.7 Å². The Kier molecular flexibility index (Phi) is 5.93. The zero-order chi connectivity index (χ0) is 17.9. The fraction of sp³-hybridized carbons (Fsp3) is 0.727. The molecule has 0 unspecified atom stereocenters. The summed E-state index contributed by atoms with van der Waals surface area (Å²) in [6.07, 6.45) is 6.58. The molecule has 2 aliphatic rings. The molecule has 3 rings (SSSR count). The summed E-state index contributed by atoms with van der Waals surface area (Å²) in [4.78, 5) is 5.20. The molecule has 1 aliphatic carbocycles. The van der Waals surface area contributed by atoms with Crippen LogP contribution in [0.4, 0.5) is 5.69 Å². The predicted octanol–water partition coefficient (Wildman–Crippen LogP) is 4.91. The molecule has 1 saturated carbocycles. The Hall–Kier alpha value is -1.22. The lowest BCUT2D eigenvalue weighted by Gasteiger charge is -2.40. The van der Waals surface area contributed by atoms with Crippen LogP contribution in [0.25, 0.3) is 0 Å². The van der Waals surface area contributed by atoms with Gasteiger partial charge in [0.05, 0.1) is 7.11 Å². The van der Waals surface area contributed by atoms with Crippen molar-refractivity contribution in [1.82, 2.24) is 4.90 Å². The summed E-state index contributed by atoms with van der Waals surface area (Å²) < 4.78 is 5.54. The Bertz CT molecular complexity index is 551. The minimum Gasteiger partial charge on any atom is -0.497 e. The van der Waals surface area contributed by atoms with Crippen LogP contribution in [-0.4, -0.2) is 44.7 Å². The lowest BCUT2D eigenvalue weighted by Crippen LogP contribution is -2.47.